The molecule has 0 aromatic heterocycles. The molecule has 1 heterocycles. The molecule has 5 heteroatoms. The Hall–Kier alpha value is -0.0982. The van der Waals surface area contributed by atoms with E-state index < -0.39 is 8.32 Å². The van der Waals surface area contributed by atoms with E-state index in [1.165, 1.54) is 5.57 Å². The van der Waals surface area contributed by atoms with E-state index in [9.17, 15) is 0 Å². The van der Waals surface area contributed by atoms with Gasteiger partial charge in [0, 0.05) is 6.61 Å². The fourth-order valence-electron chi connectivity index (χ4n) is 2.17. The third kappa shape index (κ3) is 5.45. The van der Waals surface area contributed by atoms with Gasteiger partial charge < -0.3 is 13.7 Å². The minimum absolute atomic E-state index is 0.235. The highest BCUT2D eigenvalue weighted by atomic mass is 28.4. The van der Waals surface area contributed by atoms with Gasteiger partial charge in [-0.3, -0.25) is 0 Å². The lowest BCUT2D eigenvalue weighted by molar-refractivity contribution is 0.00578. The summed E-state index contributed by atoms with van der Waals surface area (Å²) in [6.45, 7) is 22.8. The number of hydrogen-bond acceptors (Lipinski definition) is 3. The molecule has 1 aliphatic rings. The fourth-order valence-corrected chi connectivity index (χ4v) is 3.25. The fraction of sp³-hybridized carbons (Fsp3) is 0.889. The largest absolute Gasteiger partial charge is 0.487 e. The molecule has 0 spiro atoms. The maximum absolute atomic E-state index is 6.23. The third-order valence-electron chi connectivity index (χ3n) is 5.68. The van der Waals surface area contributed by atoms with Crippen molar-refractivity contribution in [1.29, 1.82) is 0 Å². The Balaban J connectivity index is 2.42. The lowest BCUT2D eigenvalue weighted by atomic mass is 9.86. The smallest absolute Gasteiger partial charge is 0.417 e. The van der Waals surface area contributed by atoms with Crippen molar-refractivity contribution in [2.24, 2.45) is 0 Å². The Bertz CT molecular complexity index is 420. The number of allylic oxidation sites excluding steroid dienone is 1. The quantitative estimate of drug-likeness (QED) is 0.481. The Labute approximate surface area is 145 Å². The van der Waals surface area contributed by atoms with E-state index >= 15 is 0 Å². The molecule has 23 heavy (non-hydrogen) atoms. The summed E-state index contributed by atoms with van der Waals surface area (Å²) in [7, 11) is -1.85. The molecule has 0 aromatic carbocycles. The van der Waals surface area contributed by atoms with Crippen LogP contribution in [0.5, 0.6) is 0 Å². The van der Waals surface area contributed by atoms with Crippen molar-refractivity contribution < 1.29 is 13.7 Å². The van der Waals surface area contributed by atoms with Gasteiger partial charge in [0.25, 0.3) is 0 Å². The zero-order valence-corrected chi connectivity index (χ0v) is 18.0. The Morgan fingerprint density at radius 3 is 2.00 bits per heavy atom. The van der Waals surface area contributed by atoms with Crippen LogP contribution < -0.4 is 0 Å². The monoisotopic (exact) mass is 340 g/mol. The highest BCUT2D eigenvalue weighted by Gasteiger charge is 2.50. The summed E-state index contributed by atoms with van der Waals surface area (Å²) in [5.41, 5.74) is 0.780. The van der Waals surface area contributed by atoms with Crippen molar-refractivity contribution in [3.63, 3.8) is 0 Å². The van der Waals surface area contributed by atoms with E-state index in [1.54, 1.807) is 0 Å². The van der Waals surface area contributed by atoms with Gasteiger partial charge in [0.05, 0.1) is 11.2 Å². The van der Waals surface area contributed by atoms with Crippen molar-refractivity contribution in [3.8, 4) is 0 Å². The van der Waals surface area contributed by atoms with Crippen molar-refractivity contribution >= 4 is 15.4 Å². The highest BCUT2D eigenvalue weighted by Crippen LogP contribution is 2.38. The second-order valence-corrected chi connectivity index (χ2v) is 14.2. The molecule has 1 rings (SSSR count). The van der Waals surface area contributed by atoms with Crippen LogP contribution in [0.2, 0.25) is 18.1 Å². The molecule has 0 amide bonds. The standard InChI is InChI=1S/C18H37BO3Si/c1-15(12-11-13-20-23(9,10)16(2,3)4)14-19-21-17(5,6)18(7,8)22-19/h14H,11-13H2,1-10H3. The lowest BCUT2D eigenvalue weighted by Crippen LogP contribution is -2.41. The van der Waals surface area contributed by atoms with Gasteiger partial charge in [0.15, 0.2) is 8.32 Å². The second-order valence-electron chi connectivity index (χ2n) is 9.35. The molecule has 0 bridgehead atoms. The van der Waals surface area contributed by atoms with E-state index in [0.29, 0.717) is 0 Å². The summed E-state index contributed by atoms with van der Waals surface area (Å²) in [6.07, 6.45) is 2.08. The Morgan fingerprint density at radius 2 is 1.57 bits per heavy atom. The lowest BCUT2D eigenvalue weighted by Gasteiger charge is -2.36. The van der Waals surface area contributed by atoms with Crippen LogP contribution in [0.1, 0.15) is 68.2 Å². The zero-order valence-electron chi connectivity index (χ0n) is 17.0. The van der Waals surface area contributed by atoms with Crippen LogP contribution in [0.4, 0.5) is 0 Å². The molecule has 0 saturated carbocycles. The molecule has 1 saturated heterocycles. The molecule has 1 fully saturated rings. The number of hydrogen-bond donors (Lipinski definition) is 0. The molecule has 0 unspecified atom stereocenters. The number of rotatable bonds is 6. The minimum Gasteiger partial charge on any atom is -0.417 e. The van der Waals surface area contributed by atoms with Crippen LogP contribution in [-0.4, -0.2) is 33.2 Å². The maximum atomic E-state index is 6.23. The van der Waals surface area contributed by atoms with Gasteiger partial charge in [-0.1, -0.05) is 32.3 Å². The molecule has 134 valence electrons. The van der Waals surface area contributed by atoms with Gasteiger partial charge in [-0.15, -0.1) is 0 Å². The van der Waals surface area contributed by atoms with Crippen molar-refractivity contribution in [3.05, 3.63) is 11.5 Å². The molecular formula is C18H37BO3Si. The first-order chi connectivity index (χ1) is 10.2. The van der Waals surface area contributed by atoms with Crippen LogP contribution >= 0.6 is 0 Å². The topological polar surface area (TPSA) is 27.7 Å². The molecule has 3 nitrogen and oxygen atoms in total. The summed E-state index contributed by atoms with van der Waals surface area (Å²) in [6, 6.07) is 0. The molecule has 0 atom stereocenters. The zero-order chi connectivity index (χ0) is 18.1. The van der Waals surface area contributed by atoms with E-state index in [-0.39, 0.29) is 23.4 Å². The molecule has 1 aliphatic heterocycles. The van der Waals surface area contributed by atoms with E-state index in [4.69, 9.17) is 13.7 Å². The van der Waals surface area contributed by atoms with E-state index in [1.807, 2.05) is 0 Å². The highest BCUT2D eigenvalue weighted by molar-refractivity contribution is 6.74. The predicted molar refractivity (Wildman–Crippen MR) is 102 cm³/mol. The molecule has 0 radical (unpaired) electrons. The summed E-state index contributed by atoms with van der Waals surface area (Å²) in [5.74, 6) is 2.11. The Morgan fingerprint density at radius 1 is 1.09 bits per heavy atom. The summed E-state index contributed by atoms with van der Waals surface area (Å²) in [5, 5.41) is 0.278. The van der Waals surface area contributed by atoms with Gasteiger partial charge >= 0.3 is 7.12 Å². The maximum Gasteiger partial charge on any atom is 0.487 e. The molecule has 0 aromatic rings. The summed E-state index contributed by atoms with van der Waals surface area (Å²) < 4.78 is 18.3. The molecule has 0 N–H and O–H groups in total. The minimum atomic E-state index is -1.62. The Kier molecular flexibility index (Phi) is 6.40. The van der Waals surface area contributed by atoms with Crippen LogP contribution in [-0.2, 0) is 13.7 Å². The van der Waals surface area contributed by atoms with Crippen LogP contribution in [0.25, 0.3) is 0 Å². The first-order valence-corrected chi connectivity index (χ1v) is 11.8. The average Bonchev–Trinajstić information content (AvgIpc) is 2.51. The SMILES string of the molecule is CC(=CB1OC(C)(C)C(C)(C)O1)CCCO[Si](C)(C)C(C)(C)C. The van der Waals surface area contributed by atoms with Crippen molar-refractivity contribution in [1.82, 2.24) is 0 Å². The average molecular weight is 340 g/mol. The third-order valence-corrected chi connectivity index (χ3v) is 10.2. The normalized spacial score (nSPS) is 21.8. The van der Waals surface area contributed by atoms with Crippen LogP contribution in [0.3, 0.4) is 0 Å². The van der Waals surface area contributed by atoms with Gasteiger partial charge in [-0.25, -0.2) is 0 Å². The second kappa shape index (κ2) is 7.03. The van der Waals surface area contributed by atoms with Crippen LogP contribution in [0, 0.1) is 0 Å². The van der Waals surface area contributed by atoms with Gasteiger partial charge in [-0.05, 0) is 65.6 Å². The molecule has 0 aliphatic carbocycles. The summed E-state index contributed by atoms with van der Waals surface area (Å²) in [4.78, 5) is 0. The summed E-state index contributed by atoms with van der Waals surface area (Å²) >= 11 is 0. The van der Waals surface area contributed by atoms with Crippen LogP contribution in [0.15, 0.2) is 11.5 Å². The van der Waals surface area contributed by atoms with E-state index in [2.05, 4.69) is 74.5 Å². The first kappa shape index (κ1) is 20.9. The molecular weight excluding hydrogens is 303 g/mol. The van der Waals surface area contributed by atoms with Crippen molar-refractivity contribution in [2.75, 3.05) is 6.61 Å². The van der Waals surface area contributed by atoms with E-state index in [0.717, 1.165) is 19.4 Å². The first-order valence-electron chi connectivity index (χ1n) is 8.85. The predicted octanol–water partition coefficient (Wildman–Crippen LogP) is 5.37. The van der Waals surface area contributed by atoms with Crippen molar-refractivity contribution in [2.45, 2.75) is 97.6 Å². The van der Waals surface area contributed by atoms with Gasteiger partial charge in [-0.2, -0.15) is 0 Å². The van der Waals surface area contributed by atoms with Gasteiger partial charge in [0.2, 0.25) is 0 Å². The van der Waals surface area contributed by atoms with Gasteiger partial charge in [0.1, 0.15) is 0 Å².